The second-order valence-corrected chi connectivity index (χ2v) is 7.60. The largest absolute Gasteiger partial charge is 0.463 e. The lowest BCUT2D eigenvalue weighted by Gasteiger charge is -2.24. The van der Waals surface area contributed by atoms with Crippen molar-refractivity contribution in [3.05, 3.63) is 45.3 Å². The number of H-pyrrole nitrogens is 1. The average molecular weight is 408 g/mol. The van der Waals surface area contributed by atoms with Crippen molar-refractivity contribution in [1.82, 2.24) is 9.55 Å². The van der Waals surface area contributed by atoms with Crippen molar-refractivity contribution in [3.8, 4) is 0 Å². The number of fused-ring (bicyclic) bond motifs is 1. The van der Waals surface area contributed by atoms with Crippen LogP contribution in [0.1, 0.15) is 52.7 Å². The number of esters is 1. The van der Waals surface area contributed by atoms with Gasteiger partial charge in [-0.15, -0.1) is 0 Å². The van der Waals surface area contributed by atoms with Gasteiger partial charge < -0.3 is 18.9 Å². The van der Waals surface area contributed by atoms with Crippen molar-refractivity contribution in [1.29, 1.82) is 0 Å². The predicted octanol–water partition coefficient (Wildman–Crippen LogP) is 1.63. The first-order valence-electron chi connectivity index (χ1n) is 9.94. The van der Waals surface area contributed by atoms with E-state index in [2.05, 4.69) is 24.1 Å². The van der Waals surface area contributed by atoms with E-state index in [-0.39, 0.29) is 12.6 Å². The number of carbonyl (C=O) groups excluding carboxylic acids is 1. The number of aromatic nitrogens is 2. The van der Waals surface area contributed by atoms with Crippen LogP contribution >= 0.6 is 0 Å². The molecule has 1 N–H and O–H groups in total. The van der Waals surface area contributed by atoms with E-state index in [9.17, 15) is 14.4 Å². The van der Waals surface area contributed by atoms with Crippen LogP contribution in [-0.4, -0.2) is 46.2 Å². The third-order valence-electron chi connectivity index (χ3n) is 4.81. The number of hydrogen-bond acceptors (Lipinski definition) is 7. The molecule has 0 spiro atoms. The highest BCUT2D eigenvalue weighted by Crippen LogP contribution is 2.42. The topological polar surface area (TPSA) is 109 Å². The normalized spacial score (nSPS) is 28.0. The average Bonchev–Trinajstić information content (AvgIpc) is 3.13. The Balaban J connectivity index is 1.63. The minimum Gasteiger partial charge on any atom is -0.463 e. The molecule has 3 rings (SSSR count). The number of nitrogens with one attached hydrogen (secondary N) is 1. The molecule has 1 aromatic heterocycles. The minimum atomic E-state index is -0.864. The molecule has 160 valence electrons. The van der Waals surface area contributed by atoms with Crippen molar-refractivity contribution in [2.24, 2.45) is 0 Å². The Kier molecular flexibility index (Phi) is 6.71. The van der Waals surface area contributed by atoms with Crippen molar-refractivity contribution < 1.29 is 23.7 Å². The van der Waals surface area contributed by atoms with Crippen LogP contribution in [0.25, 0.3) is 0 Å². The number of unbranched alkanes of at least 4 members (excludes halogenated alkanes) is 1. The molecule has 2 saturated heterocycles. The van der Waals surface area contributed by atoms with Gasteiger partial charge in [-0.1, -0.05) is 19.1 Å². The predicted molar refractivity (Wildman–Crippen MR) is 103 cm³/mol. The first kappa shape index (κ1) is 21.5. The zero-order valence-electron chi connectivity index (χ0n) is 17.0. The zero-order valence-corrected chi connectivity index (χ0v) is 17.0. The zero-order chi connectivity index (χ0) is 21.0. The fraction of sp³-hybridized carbons (Fsp3) is 0.650. The molecule has 1 aromatic rings. The third kappa shape index (κ3) is 5.23. The number of hydrogen-bond donors (Lipinski definition) is 1. The summed E-state index contributed by atoms with van der Waals surface area (Å²) >= 11 is 0. The Hall–Kier alpha value is -2.23. The first-order chi connectivity index (χ1) is 13.8. The van der Waals surface area contributed by atoms with Gasteiger partial charge in [-0.3, -0.25) is 19.1 Å². The molecule has 0 amide bonds. The molecular weight excluding hydrogens is 380 g/mol. The number of ether oxygens (including phenoxy) is 4. The van der Waals surface area contributed by atoms with Crippen LogP contribution in [0.4, 0.5) is 0 Å². The summed E-state index contributed by atoms with van der Waals surface area (Å²) in [5.74, 6) is -1.17. The number of aromatic amines is 1. The molecule has 9 nitrogen and oxygen atoms in total. The van der Waals surface area contributed by atoms with E-state index in [4.69, 9.17) is 18.9 Å². The summed E-state index contributed by atoms with van der Waals surface area (Å²) in [5.41, 5.74) is -1.10. The summed E-state index contributed by atoms with van der Waals surface area (Å²) in [4.78, 5) is 37.8. The van der Waals surface area contributed by atoms with Crippen LogP contribution in [0.3, 0.4) is 0 Å². The SMILES string of the molecule is CC/C=C\CCCC(=O)OCC1O[C@@H](n2ccc(=O)[nH]c2=O)C2OC(C)(C)OC12. The molecule has 3 heterocycles. The van der Waals surface area contributed by atoms with Gasteiger partial charge in [0, 0.05) is 18.7 Å². The van der Waals surface area contributed by atoms with Gasteiger partial charge in [0.2, 0.25) is 0 Å². The van der Waals surface area contributed by atoms with E-state index >= 15 is 0 Å². The van der Waals surface area contributed by atoms with Crippen LogP contribution in [0.5, 0.6) is 0 Å². The number of carbonyl (C=O) groups is 1. The number of nitrogens with zero attached hydrogens (tertiary/aromatic N) is 1. The fourth-order valence-electron chi connectivity index (χ4n) is 3.54. The van der Waals surface area contributed by atoms with Gasteiger partial charge in [-0.2, -0.15) is 0 Å². The highest BCUT2D eigenvalue weighted by atomic mass is 16.8. The number of rotatable bonds is 8. The van der Waals surface area contributed by atoms with Crippen molar-refractivity contribution in [2.75, 3.05) is 6.61 Å². The van der Waals surface area contributed by atoms with Gasteiger partial charge >= 0.3 is 11.7 Å². The molecule has 0 saturated carbocycles. The maximum atomic E-state index is 12.2. The Morgan fingerprint density at radius 2 is 2.03 bits per heavy atom. The van der Waals surface area contributed by atoms with Gasteiger partial charge in [0.05, 0.1) is 0 Å². The summed E-state index contributed by atoms with van der Waals surface area (Å²) < 4.78 is 24.4. The molecule has 3 unspecified atom stereocenters. The van der Waals surface area contributed by atoms with Gasteiger partial charge in [-0.25, -0.2) is 4.79 Å². The third-order valence-corrected chi connectivity index (χ3v) is 4.81. The molecule has 2 fully saturated rings. The maximum Gasteiger partial charge on any atom is 0.330 e. The molecule has 4 atom stereocenters. The highest BCUT2D eigenvalue weighted by molar-refractivity contribution is 5.69. The Morgan fingerprint density at radius 3 is 2.76 bits per heavy atom. The molecule has 2 aliphatic rings. The lowest BCUT2D eigenvalue weighted by molar-refractivity contribution is -0.203. The molecule has 29 heavy (non-hydrogen) atoms. The monoisotopic (exact) mass is 408 g/mol. The van der Waals surface area contributed by atoms with E-state index < -0.39 is 41.6 Å². The van der Waals surface area contributed by atoms with E-state index in [0.717, 1.165) is 19.3 Å². The summed E-state index contributed by atoms with van der Waals surface area (Å²) in [6.45, 7) is 5.60. The number of allylic oxidation sites excluding steroid dienone is 2. The molecular formula is C20H28N2O7. The second kappa shape index (κ2) is 9.06. The lowest BCUT2D eigenvalue weighted by Crippen LogP contribution is -2.37. The van der Waals surface area contributed by atoms with Gasteiger partial charge in [0.15, 0.2) is 12.0 Å². The van der Waals surface area contributed by atoms with Crippen LogP contribution in [-0.2, 0) is 23.7 Å². The first-order valence-corrected chi connectivity index (χ1v) is 9.94. The highest BCUT2D eigenvalue weighted by Gasteiger charge is 2.56. The van der Waals surface area contributed by atoms with Crippen LogP contribution in [0.15, 0.2) is 34.0 Å². The van der Waals surface area contributed by atoms with Gasteiger partial charge in [0.25, 0.3) is 5.56 Å². The van der Waals surface area contributed by atoms with E-state index in [0.29, 0.717) is 6.42 Å². The Morgan fingerprint density at radius 1 is 1.28 bits per heavy atom. The van der Waals surface area contributed by atoms with Gasteiger partial charge in [0.1, 0.15) is 24.9 Å². The smallest absolute Gasteiger partial charge is 0.330 e. The molecule has 2 aliphatic heterocycles. The summed E-state index contributed by atoms with van der Waals surface area (Å²) in [7, 11) is 0. The van der Waals surface area contributed by atoms with E-state index in [1.807, 2.05) is 0 Å². The fourth-order valence-corrected chi connectivity index (χ4v) is 3.54. The quantitative estimate of drug-likeness (QED) is 0.396. The lowest BCUT2D eigenvalue weighted by atomic mass is 10.1. The Labute approximate surface area is 168 Å². The van der Waals surface area contributed by atoms with E-state index in [1.54, 1.807) is 13.8 Å². The standard InChI is InChI=1S/C20H28N2O7/c1-4-5-6-7-8-9-15(24)26-12-13-16-17(29-20(2,3)28-16)18(27-13)22-11-10-14(23)21-19(22)25/h5-6,10-11,13,16-18H,4,7-9,12H2,1-3H3,(H,21,23,25)/b6-5-/t13?,16?,17?,18-/m1/s1. The van der Waals surface area contributed by atoms with Crippen LogP contribution in [0.2, 0.25) is 0 Å². The van der Waals surface area contributed by atoms with Gasteiger partial charge in [-0.05, 0) is 33.1 Å². The van der Waals surface area contributed by atoms with E-state index in [1.165, 1.54) is 16.8 Å². The van der Waals surface area contributed by atoms with Crippen molar-refractivity contribution in [2.45, 2.75) is 76.8 Å². The molecule has 9 heteroatoms. The van der Waals surface area contributed by atoms with Crippen LogP contribution < -0.4 is 11.2 Å². The summed E-state index contributed by atoms with van der Waals surface area (Å²) in [6.07, 6.45) is 5.85. The van der Waals surface area contributed by atoms with Crippen molar-refractivity contribution >= 4 is 5.97 Å². The summed E-state index contributed by atoms with van der Waals surface area (Å²) in [6, 6.07) is 1.24. The molecule has 0 aromatic carbocycles. The molecule has 0 aliphatic carbocycles. The second-order valence-electron chi connectivity index (χ2n) is 7.60. The summed E-state index contributed by atoms with van der Waals surface area (Å²) in [5, 5.41) is 0. The molecule has 0 radical (unpaired) electrons. The minimum absolute atomic E-state index is 0.00115. The molecule has 0 bridgehead atoms. The maximum absolute atomic E-state index is 12.2. The Bertz CT molecular complexity index is 857. The van der Waals surface area contributed by atoms with Crippen molar-refractivity contribution in [3.63, 3.8) is 0 Å². The van der Waals surface area contributed by atoms with Crippen LogP contribution in [0, 0.1) is 0 Å².